The lowest BCUT2D eigenvalue weighted by Crippen LogP contribution is -2.40. The van der Waals surface area contributed by atoms with Crippen LogP contribution in [0, 0.1) is 5.92 Å². The minimum Gasteiger partial charge on any atom is -0.454 e. The number of benzene rings is 2. The van der Waals surface area contributed by atoms with E-state index in [0.717, 1.165) is 38.2 Å². The number of fused-ring (bicyclic) bond motifs is 1. The molecule has 2 saturated heterocycles. The lowest BCUT2D eigenvalue weighted by molar-refractivity contribution is 0.0930. The Labute approximate surface area is 187 Å². The normalized spacial score (nSPS) is 20.3. The molecule has 0 saturated carbocycles. The molecule has 8 heteroatoms. The quantitative estimate of drug-likeness (QED) is 0.727. The molecule has 3 aliphatic heterocycles. The standard InChI is InChI=1S/C24H28N4O4/c29-23(19-5-8-21-22(12-19)32-16-31-21)26-13-18-2-1-10-27(15-18)14-17-3-6-20(7-4-17)28-11-9-25-24(28)30/h3-8,12,18H,1-2,9-11,13-16H2,(H,25,30)(H,26,29)/t18-/m1/s1. The number of likely N-dealkylation sites (tertiary alicyclic amines) is 1. The molecule has 3 amide bonds. The summed E-state index contributed by atoms with van der Waals surface area (Å²) in [5.41, 5.74) is 2.76. The number of nitrogens with one attached hydrogen (secondary N) is 2. The molecule has 3 heterocycles. The highest BCUT2D eigenvalue weighted by atomic mass is 16.7. The Kier molecular flexibility index (Phi) is 5.85. The monoisotopic (exact) mass is 436 g/mol. The van der Waals surface area contributed by atoms with Crippen molar-refractivity contribution in [3.8, 4) is 11.5 Å². The summed E-state index contributed by atoms with van der Waals surface area (Å²) < 4.78 is 10.7. The predicted molar refractivity (Wildman–Crippen MR) is 120 cm³/mol. The third kappa shape index (κ3) is 4.50. The summed E-state index contributed by atoms with van der Waals surface area (Å²) in [6.45, 7) is 5.16. The molecule has 0 spiro atoms. The second-order valence-corrected chi connectivity index (χ2v) is 8.57. The zero-order chi connectivity index (χ0) is 21.9. The van der Waals surface area contributed by atoms with Gasteiger partial charge >= 0.3 is 6.03 Å². The number of carbonyl (C=O) groups excluding carboxylic acids is 2. The first kappa shape index (κ1) is 20.6. The number of piperidine rings is 1. The summed E-state index contributed by atoms with van der Waals surface area (Å²) in [5.74, 6) is 1.65. The summed E-state index contributed by atoms with van der Waals surface area (Å²) in [6, 6.07) is 13.5. The van der Waals surface area contributed by atoms with E-state index in [9.17, 15) is 9.59 Å². The fourth-order valence-corrected chi connectivity index (χ4v) is 4.60. The topological polar surface area (TPSA) is 83.1 Å². The van der Waals surface area contributed by atoms with Crippen molar-refractivity contribution in [2.24, 2.45) is 5.92 Å². The summed E-state index contributed by atoms with van der Waals surface area (Å²) in [7, 11) is 0. The smallest absolute Gasteiger partial charge is 0.321 e. The van der Waals surface area contributed by atoms with Crippen molar-refractivity contribution in [1.29, 1.82) is 0 Å². The molecule has 0 radical (unpaired) electrons. The highest BCUT2D eigenvalue weighted by Gasteiger charge is 2.23. The number of amides is 3. The third-order valence-corrected chi connectivity index (χ3v) is 6.30. The molecule has 0 aromatic heterocycles. The molecule has 0 bridgehead atoms. The van der Waals surface area contributed by atoms with Gasteiger partial charge in [0.15, 0.2) is 11.5 Å². The summed E-state index contributed by atoms with van der Waals surface area (Å²) >= 11 is 0. The molecule has 168 valence electrons. The zero-order valence-corrected chi connectivity index (χ0v) is 18.0. The largest absolute Gasteiger partial charge is 0.454 e. The average Bonchev–Trinajstić information content (AvgIpc) is 3.46. The van der Waals surface area contributed by atoms with E-state index in [1.807, 2.05) is 12.1 Å². The van der Waals surface area contributed by atoms with Gasteiger partial charge in [-0.3, -0.25) is 14.6 Å². The van der Waals surface area contributed by atoms with Crippen LogP contribution in [0.5, 0.6) is 11.5 Å². The second-order valence-electron chi connectivity index (χ2n) is 8.57. The van der Waals surface area contributed by atoms with E-state index in [-0.39, 0.29) is 18.7 Å². The van der Waals surface area contributed by atoms with Gasteiger partial charge in [0.25, 0.3) is 5.91 Å². The Morgan fingerprint density at radius 1 is 1.09 bits per heavy atom. The number of hydrogen-bond donors (Lipinski definition) is 2. The first-order chi connectivity index (χ1) is 15.7. The van der Waals surface area contributed by atoms with Crippen LogP contribution < -0.4 is 25.0 Å². The van der Waals surface area contributed by atoms with E-state index in [1.165, 1.54) is 5.56 Å². The van der Waals surface area contributed by atoms with Crippen LogP contribution in [0.3, 0.4) is 0 Å². The minimum atomic E-state index is -0.0815. The lowest BCUT2D eigenvalue weighted by atomic mass is 9.97. The Balaban J connectivity index is 1.12. The molecule has 32 heavy (non-hydrogen) atoms. The van der Waals surface area contributed by atoms with E-state index in [2.05, 4.69) is 27.7 Å². The summed E-state index contributed by atoms with van der Waals surface area (Å²) in [4.78, 5) is 28.6. The van der Waals surface area contributed by atoms with Crippen molar-refractivity contribution in [2.75, 3.05) is 44.4 Å². The van der Waals surface area contributed by atoms with Crippen molar-refractivity contribution < 1.29 is 19.1 Å². The van der Waals surface area contributed by atoms with Gasteiger partial charge in [-0.1, -0.05) is 12.1 Å². The van der Waals surface area contributed by atoms with Crippen molar-refractivity contribution >= 4 is 17.6 Å². The molecule has 2 aromatic rings. The molecule has 5 rings (SSSR count). The predicted octanol–water partition coefficient (Wildman–Crippen LogP) is 2.59. The fourth-order valence-electron chi connectivity index (χ4n) is 4.60. The van der Waals surface area contributed by atoms with Crippen LogP contribution in [0.15, 0.2) is 42.5 Å². The van der Waals surface area contributed by atoms with Crippen molar-refractivity contribution in [2.45, 2.75) is 19.4 Å². The molecular formula is C24H28N4O4. The summed E-state index contributed by atoms with van der Waals surface area (Å²) in [6.07, 6.45) is 2.23. The number of hydrogen-bond acceptors (Lipinski definition) is 5. The third-order valence-electron chi connectivity index (χ3n) is 6.30. The first-order valence-corrected chi connectivity index (χ1v) is 11.2. The molecule has 3 aliphatic rings. The van der Waals surface area contributed by atoms with Gasteiger partial charge in [0.05, 0.1) is 0 Å². The molecule has 2 aromatic carbocycles. The Morgan fingerprint density at radius 3 is 2.75 bits per heavy atom. The van der Waals surface area contributed by atoms with Crippen molar-refractivity contribution in [3.63, 3.8) is 0 Å². The van der Waals surface area contributed by atoms with Gasteiger partial charge in [0, 0.05) is 44.0 Å². The van der Waals surface area contributed by atoms with Gasteiger partial charge in [-0.15, -0.1) is 0 Å². The molecule has 2 N–H and O–H groups in total. The maximum absolute atomic E-state index is 12.6. The number of anilines is 1. The molecule has 0 unspecified atom stereocenters. The highest BCUT2D eigenvalue weighted by Crippen LogP contribution is 2.32. The van der Waals surface area contributed by atoms with Crippen molar-refractivity contribution in [1.82, 2.24) is 15.5 Å². The second kappa shape index (κ2) is 9.08. The van der Waals surface area contributed by atoms with E-state index >= 15 is 0 Å². The molecule has 2 fully saturated rings. The minimum absolute atomic E-state index is 0.0283. The van der Waals surface area contributed by atoms with Gasteiger partial charge in [-0.05, 0) is 61.2 Å². The van der Waals surface area contributed by atoms with Crippen LogP contribution in [0.2, 0.25) is 0 Å². The van der Waals surface area contributed by atoms with Crippen LogP contribution in [-0.2, 0) is 6.54 Å². The number of urea groups is 1. The maximum atomic E-state index is 12.6. The molecular weight excluding hydrogens is 408 g/mol. The average molecular weight is 437 g/mol. The highest BCUT2D eigenvalue weighted by molar-refractivity contribution is 5.95. The Bertz CT molecular complexity index is 994. The molecule has 0 aliphatic carbocycles. The number of ether oxygens (including phenoxy) is 2. The van der Waals surface area contributed by atoms with Gasteiger partial charge in [0.2, 0.25) is 6.79 Å². The fraction of sp³-hybridized carbons (Fsp3) is 0.417. The van der Waals surface area contributed by atoms with Crippen LogP contribution in [0.1, 0.15) is 28.8 Å². The van der Waals surface area contributed by atoms with Crippen molar-refractivity contribution in [3.05, 3.63) is 53.6 Å². The van der Waals surface area contributed by atoms with E-state index in [4.69, 9.17) is 9.47 Å². The van der Waals surface area contributed by atoms with Gasteiger partial charge in [-0.2, -0.15) is 0 Å². The van der Waals surface area contributed by atoms with Crippen LogP contribution in [0.4, 0.5) is 10.5 Å². The SMILES string of the molecule is O=C(NC[C@H]1CCCN(Cc2ccc(N3CCNC3=O)cc2)C1)c1ccc2c(c1)OCO2. The van der Waals surface area contributed by atoms with E-state index in [1.54, 1.807) is 23.1 Å². The van der Waals surface area contributed by atoms with E-state index < -0.39 is 0 Å². The Morgan fingerprint density at radius 2 is 1.94 bits per heavy atom. The number of nitrogens with zero attached hydrogens (tertiary/aromatic N) is 2. The number of rotatable bonds is 6. The van der Waals surface area contributed by atoms with Gasteiger partial charge in [-0.25, -0.2) is 4.79 Å². The van der Waals surface area contributed by atoms with Gasteiger partial charge in [0.1, 0.15) is 0 Å². The zero-order valence-electron chi connectivity index (χ0n) is 18.0. The van der Waals surface area contributed by atoms with Crippen LogP contribution in [0.25, 0.3) is 0 Å². The summed E-state index contributed by atoms with van der Waals surface area (Å²) in [5, 5.41) is 5.91. The van der Waals surface area contributed by atoms with Crippen LogP contribution >= 0.6 is 0 Å². The molecule has 1 atom stereocenters. The lowest BCUT2D eigenvalue weighted by Gasteiger charge is -2.33. The first-order valence-electron chi connectivity index (χ1n) is 11.2. The molecule has 8 nitrogen and oxygen atoms in total. The van der Waals surface area contributed by atoms with Crippen LogP contribution in [-0.4, -0.2) is 56.4 Å². The van der Waals surface area contributed by atoms with Gasteiger partial charge < -0.3 is 20.1 Å². The number of carbonyl (C=O) groups is 2. The maximum Gasteiger partial charge on any atom is 0.321 e. The Hall–Kier alpha value is -3.26. The van der Waals surface area contributed by atoms with E-state index in [0.29, 0.717) is 42.6 Å².